The number of nitrogens with zero attached hydrogens (tertiary/aromatic N) is 2. The molecule has 0 spiro atoms. The van der Waals surface area contributed by atoms with Gasteiger partial charge in [0.25, 0.3) is 0 Å². The smallest absolute Gasteiger partial charge is 0.246 e. The quantitative estimate of drug-likeness (QED) is 0.787. The van der Waals surface area contributed by atoms with Crippen LogP contribution in [0.25, 0.3) is 0 Å². The van der Waals surface area contributed by atoms with Gasteiger partial charge in [0.05, 0.1) is 4.87 Å². The minimum absolute atomic E-state index is 0.0318. The highest BCUT2D eigenvalue weighted by atomic mass is 32.2. The maximum Gasteiger partial charge on any atom is 0.246 e. The molecule has 0 aromatic heterocycles. The van der Waals surface area contributed by atoms with Crippen LogP contribution < -0.4 is 5.73 Å². The fraction of sp³-hybridized carbons (Fsp3) is 0.786. The SMILES string of the molecule is CC12CCC(=O)N1C(C(=O)N1CCC(C(N)=O)CC1)CS2. The van der Waals surface area contributed by atoms with Gasteiger partial charge in [0, 0.05) is 31.2 Å². The van der Waals surface area contributed by atoms with Crippen molar-refractivity contribution >= 4 is 29.5 Å². The highest BCUT2D eigenvalue weighted by Crippen LogP contribution is 2.47. The Balaban J connectivity index is 1.67. The molecule has 3 aliphatic heterocycles. The molecule has 2 unspecified atom stereocenters. The molecule has 3 aliphatic rings. The molecule has 0 bridgehead atoms. The van der Waals surface area contributed by atoms with Crippen molar-refractivity contribution in [1.29, 1.82) is 0 Å². The number of carbonyl (C=O) groups is 3. The molecule has 0 aromatic carbocycles. The number of piperidine rings is 1. The van der Waals surface area contributed by atoms with E-state index in [1.165, 1.54) is 0 Å². The van der Waals surface area contributed by atoms with Crippen molar-refractivity contribution in [3.8, 4) is 0 Å². The number of thioether (sulfide) groups is 1. The third-order valence-electron chi connectivity index (χ3n) is 4.94. The Morgan fingerprint density at radius 3 is 2.62 bits per heavy atom. The number of nitrogens with two attached hydrogens (primary N) is 1. The standard InChI is InChI=1S/C14H21N3O3S/c1-14-5-2-11(18)17(14)10(8-21-14)13(20)16-6-3-9(4-7-16)12(15)19/h9-10H,2-8H2,1H3,(H2,15,19). The van der Waals surface area contributed by atoms with Crippen LogP contribution in [0.3, 0.4) is 0 Å². The predicted octanol–water partition coefficient (Wildman–Crippen LogP) is 0.164. The van der Waals surface area contributed by atoms with Crippen LogP contribution in [0.2, 0.25) is 0 Å². The Hall–Kier alpha value is -1.24. The van der Waals surface area contributed by atoms with Gasteiger partial charge in [-0.2, -0.15) is 0 Å². The van der Waals surface area contributed by atoms with E-state index < -0.39 is 0 Å². The fourth-order valence-electron chi connectivity index (χ4n) is 3.60. The molecule has 7 heteroatoms. The summed E-state index contributed by atoms with van der Waals surface area (Å²) in [6.45, 7) is 3.17. The zero-order chi connectivity index (χ0) is 15.2. The van der Waals surface area contributed by atoms with Crippen molar-refractivity contribution in [2.45, 2.75) is 43.5 Å². The molecular formula is C14H21N3O3S. The number of likely N-dealkylation sites (tertiary alicyclic amines) is 1. The lowest BCUT2D eigenvalue weighted by atomic mass is 9.96. The van der Waals surface area contributed by atoms with E-state index in [1.807, 2.05) is 0 Å². The fourth-order valence-corrected chi connectivity index (χ4v) is 5.02. The number of rotatable bonds is 2. The summed E-state index contributed by atoms with van der Waals surface area (Å²) in [5.41, 5.74) is 5.32. The van der Waals surface area contributed by atoms with Crippen LogP contribution in [-0.4, -0.2) is 57.3 Å². The largest absolute Gasteiger partial charge is 0.369 e. The van der Waals surface area contributed by atoms with E-state index in [2.05, 4.69) is 6.92 Å². The Morgan fingerprint density at radius 2 is 2.00 bits per heavy atom. The summed E-state index contributed by atoms with van der Waals surface area (Å²) in [7, 11) is 0. The maximum absolute atomic E-state index is 12.7. The summed E-state index contributed by atoms with van der Waals surface area (Å²) in [6.07, 6.45) is 2.62. The van der Waals surface area contributed by atoms with Gasteiger partial charge in [0.15, 0.2) is 0 Å². The Labute approximate surface area is 128 Å². The van der Waals surface area contributed by atoms with Crippen LogP contribution in [0.4, 0.5) is 0 Å². The van der Waals surface area contributed by atoms with Gasteiger partial charge in [0.2, 0.25) is 17.7 Å². The van der Waals surface area contributed by atoms with Crippen LogP contribution in [0.1, 0.15) is 32.6 Å². The van der Waals surface area contributed by atoms with Crippen molar-refractivity contribution in [2.24, 2.45) is 11.7 Å². The van der Waals surface area contributed by atoms with E-state index in [0.29, 0.717) is 38.1 Å². The lowest BCUT2D eigenvalue weighted by Gasteiger charge is -2.36. The summed E-state index contributed by atoms with van der Waals surface area (Å²) in [6, 6.07) is -0.333. The maximum atomic E-state index is 12.7. The van der Waals surface area contributed by atoms with Gasteiger partial charge < -0.3 is 15.5 Å². The Bertz CT molecular complexity index is 490. The molecule has 0 aromatic rings. The van der Waals surface area contributed by atoms with Crippen molar-refractivity contribution < 1.29 is 14.4 Å². The molecule has 2 atom stereocenters. The number of primary amides is 1. The van der Waals surface area contributed by atoms with Gasteiger partial charge in [-0.1, -0.05) is 0 Å². The normalized spacial score (nSPS) is 33.4. The highest BCUT2D eigenvalue weighted by Gasteiger charge is 2.53. The summed E-state index contributed by atoms with van der Waals surface area (Å²) < 4.78 is 0. The van der Waals surface area contributed by atoms with Crippen LogP contribution in [0, 0.1) is 5.92 Å². The number of hydrogen-bond acceptors (Lipinski definition) is 4. The summed E-state index contributed by atoms with van der Waals surface area (Å²) in [4.78, 5) is 39.4. The summed E-state index contributed by atoms with van der Waals surface area (Å²) in [5, 5.41) is 0. The molecule has 0 saturated carbocycles. The molecule has 0 aliphatic carbocycles. The number of fused-ring (bicyclic) bond motifs is 1. The third-order valence-corrected chi connectivity index (χ3v) is 6.44. The molecule has 3 saturated heterocycles. The van der Waals surface area contributed by atoms with Crippen LogP contribution in [-0.2, 0) is 14.4 Å². The van der Waals surface area contributed by atoms with Gasteiger partial charge in [0.1, 0.15) is 6.04 Å². The van der Waals surface area contributed by atoms with Crippen molar-refractivity contribution in [3.63, 3.8) is 0 Å². The summed E-state index contributed by atoms with van der Waals surface area (Å²) in [5.74, 6) is 0.403. The minimum Gasteiger partial charge on any atom is -0.369 e. The molecule has 3 rings (SSSR count). The third kappa shape index (κ3) is 2.41. The van der Waals surface area contributed by atoms with Crippen molar-refractivity contribution in [3.05, 3.63) is 0 Å². The molecule has 2 N–H and O–H groups in total. The minimum atomic E-state index is -0.333. The van der Waals surface area contributed by atoms with Gasteiger partial charge in [-0.05, 0) is 26.2 Å². The van der Waals surface area contributed by atoms with Crippen LogP contribution >= 0.6 is 11.8 Å². The summed E-state index contributed by atoms with van der Waals surface area (Å²) >= 11 is 1.71. The van der Waals surface area contributed by atoms with E-state index in [1.54, 1.807) is 21.6 Å². The highest BCUT2D eigenvalue weighted by molar-refractivity contribution is 8.01. The zero-order valence-electron chi connectivity index (χ0n) is 12.2. The average Bonchev–Trinajstić information content (AvgIpc) is 2.95. The van der Waals surface area contributed by atoms with Gasteiger partial charge in [-0.15, -0.1) is 11.8 Å². The Morgan fingerprint density at radius 1 is 1.33 bits per heavy atom. The van der Waals surface area contributed by atoms with E-state index in [0.717, 1.165) is 6.42 Å². The van der Waals surface area contributed by atoms with E-state index in [-0.39, 0.29) is 34.6 Å². The van der Waals surface area contributed by atoms with Crippen LogP contribution in [0.5, 0.6) is 0 Å². The second-order valence-electron chi connectivity index (χ2n) is 6.27. The molecule has 3 amide bonds. The first-order valence-electron chi connectivity index (χ1n) is 7.46. The second kappa shape index (κ2) is 5.19. The first-order valence-corrected chi connectivity index (χ1v) is 8.45. The lowest BCUT2D eigenvalue weighted by molar-refractivity contribution is -0.145. The molecule has 21 heavy (non-hydrogen) atoms. The zero-order valence-corrected chi connectivity index (χ0v) is 13.0. The van der Waals surface area contributed by atoms with Gasteiger partial charge >= 0.3 is 0 Å². The molecule has 3 heterocycles. The molecule has 116 valence electrons. The Kier molecular flexibility index (Phi) is 3.63. The van der Waals surface area contributed by atoms with Gasteiger partial charge in [-0.3, -0.25) is 14.4 Å². The first-order chi connectivity index (χ1) is 9.92. The average molecular weight is 311 g/mol. The lowest BCUT2D eigenvalue weighted by Crippen LogP contribution is -2.53. The molecule has 3 fully saturated rings. The topological polar surface area (TPSA) is 83.7 Å². The molecule has 6 nitrogen and oxygen atoms in total. The van der Waals surface area contributed by atoms with E-state index in [4.69, 9.17) is 5.73 Å². The molecular weight excluding hydrogens is 290 g/mol. The van der Waals surface area contributed by atoms with Gasteiger partial charge in [-0.25, -0.2) is 0 Å². The first kappa shape index (κ1) is 14.7. The number of amides is 3. The van der Waals surface area contributed by atoms with Crippen molar-refractivity contribution in [1.82, 2.24) is 9.80 Å². The van der Waals surface area contributed by atoms with E-state index >= 15 is 0 Å². The molecule has 0 radical (unpaired) electrons. The monoisotopic (exact) mass is 311 g/mol. The van der Waals surface area contributed by atoms with Crippen molar-refractivity contribution in [2.75, 3.05) is 18.8 Å². The van der Waals surface area contributed by atoms with E-state index in [9.17, 15) is 14.4 Å². The number of carbonyl (C=O) groups excluding carboxylic acids is 3. The predicted molar refractivity (Wildman–Crippen MR) is 79.2 cm³/mol. The number of hydrogen-bond donors (Lipinski definition) is 1. The second-order valence-corrected chi connectivity index (χ2v) is 7.77. The van der Waals surface area contributed by atoms with Crippen LogP contribution in [0.15, 0.2) is 0 Å².